The van der Waals surface area contributed by atoms with E-state index < -0.39 is 0 Å². The van der Waals surface area contributed by atoms with Gasteiger partial charge in [0.25, 0.3) is 0 Å². The molecule has 3 aromatic rings. The van der Waals surface area contributed by atoms with Crippen LogP contribution < -0.4 is 5.73 Å². The molecule has 0 unspecified atom stereocenters. The van der Waals surface area contributed by atoms with E-state index in [1.165, 1.54) is 0 Å². The Kier molecular flexibility index (Phi) is 2.27. The van der Waals surface area contributed by atoms with E-state index >= 15 is 0 Å². The number of rotatable bonds is 1. The highest BCUT2D eigenvalue weighted by Gasteiger charge is 2.13. The van der Waals surface area contributed by atoms with Crippen molar-refractivity contribution in [1.29, 1.82) is 0 Å². The van der Waals surface area contributed by atoms with Crippen LogP contribution in [0.25, 0.3) is 22.6 Å². The SMILES string of the molecule is Nc1cccc(Cl)c1-c1nc2ccccc2o1. The van der Waals surface area contributed by atoms with E-state index in [1.807, 2.05) is 24.3 Å². The number of nitrogens with zero attached hydrogens (tertiary/aromatic N) is 1. The molecule has 84 valence electrons. The molecule has 0 spiro atoms. The van der Waals surface area contributed by atoms with Crippen LogP contribution in [0.3, 0.4) is 0 Å². The molecule has 17 heavy (non-hydrogen) atoms. The molecule has 4 heteroatoms. The second-order valence-corrected chi connectivity index (χ2v) is 4.10. The molecule has 0 aliphatic heterocycles. The number of hydrogen-bond acceptors (Lipinski definition) is 3. The van der Waals surface area contributed by atoms with Crippen molar-refractivity contribution in [3.05, 3.63) is 47.5 Å². The molecule has 0 amide bonds. The molecule has 0 saturated carbocycles. The van der Waals surface area contributed by atoms with Crippen LogP contribution in [-0.2, 0) is 0 Å². The van der Waals surface area contributed by atoms with Gasteiger partial charge in [-0.1, -0.05) is 29.8 Å². The first-order chi connectivity index (χ1) is 8.25. The van der Waals surface area contributed by atoms with Crippen LogP contribution in [0.1, 0.15) is 0 Å². The normalized spacial score (nSPS) is 10.9. The van der Waals surface area contributed by atoms with Gasteiger partial charge in [0, 0.05) is 5.69 Å². The van der Waals surface area contributed by atoms with Gasteiger partial charge in [0.15, 0.2) is 5.58 Å². The monoisotopic (exact) mass is 244 g/mol. The van der Waals surface area contributed by atoms with Crippen LogP contribution in [-0.4, -0.2) is 4.98 Å². The smallest absolute Gasteiger partial charge is 0.230 e. The average Bonchev–Trinajstić information content (AvgIpc) is 2.71. The first-order valence-electron chi connectivity index (χ1n) is 5.15. The minimum absolute atomic E-state index is 0.453. The average molecular weight is 245 g/mol. The zero-order valence-electron chi connectivity index (χ0n) is 8.85. The lowest BCUT2D eigenvalue weighted by molar-refractivity contribution is 0.620. The maximum absolute atomic E-state index is 6.11. The van der Waals surface area contributed by atoms with Gasteiger partial charge in [0.1, 0.15) is 5.52 Å². The van der Waals surface area contributed by atoms with Crippen molar-refractivity contribution in [3.8, 4) is 11.5 Å². The van der Waals surface area contributed by atoms with Gasteiger partial charge < -0.3 is 10.2 Å². The third-order valence-corrected chi connectivity index (χ3v) is 2.87. The molecule has 3 nitrogen and oxygen atoms in total. The zero-order chi connectivity index (χ0) is 11.8. The van der Waals surface area contributed by atoms with Crippen molar-refractivity contribution in [3.63, 3.8) is 0 Å². The molecule has 2 aromatic carbocycles. The van der Waals surface area contributed by atoms with Crippen molar-refractivity contribution in [2.45, 2.75) is 0 Å². The zero-order valence-corrected chi connectivity index (χ0v) is 9.61. The van der Waals surface area contributed by atoms with E-state index in [4.69, 9.17) is 21.8 Å². The summed E-state index contributed by atoms with van der Waals surface area (Å²) in [6.07, 6.45) is 0. The molecule has 2 N–H and O–H groups in total. The van der Waals surface area contributed by atoms with E-state index in [0.29, 0.717) is 22.2 Å². The summed E-state index contributed by atoms with van der Waals surface area (Å²) >= 11 is 6.11. The summed E-state index contributed by atoms with van der Waals surface area (Å²) < 4.78 is 5.64. The molecule has 0 fully saturated rings. The largest absolute Gasteiger partial charge is 0.436 e. The summed E-state index contributed by atoms with van der Waals surface area (Å²) in [5, 5.41) is 0.538. The predicted molar refractivity (Wildman–Crippen MR) is 68.9 cm³/mol. The molecule has 1 heterocycles. The highest BCUT2D eigenvalue weighted by Crippen LogP contribution is 2.34. The molecule has 0 saturated heterocycles. The molecule has 0 aliphatic rings. The van der Waals surface area contributed by atoms with Crippen LogP contribution in [0.15, 0.2) is 46.9 Å². The Labute approximate surface area is 103 Å². The number of hydrogen-bond donors (Lipinski definition) is 1. The molecule has 0 atom stereocenters. The fourth-order valence-corrected chi connectivity index (χ4v) is 2.01. The van der Waals surface area contributed by atoms with Gasteiger partial charge in [0.05, 0.1) is 10.6 Å². The van der Waals surface area contributed by atoms with Crippen molar-refractivity contribution in [1.82, 2.24) is 4.98 Å². The van der Waals surface area contributed by atoms with Crippen molar-refractivity contribution in [2.24, 2.45) is 0 Å². The molecular weight excluding hydrogens is 236 g/mol. The van der Waals surface area contributed by atoms with Gasteiger partial charge >= 0.3 is 0 Å². The topological polar surface area (TPSA) is 52.0 Å². The number of halogens is 1. The van der Waals surface area contributed by atoms with Gasteiger partial charge in [-0.3, -0.25) is 0 Å². The summed E-state index contributed by atoms with van der Waals surface area (Å²) in [6, 6.07) is 12.9. The van der Waals surface area contributed by atoms with Crippen molar-refractivity contribution < 1.29 is 4.42 Å². The summed E-state index contributed by atoms with van der Waals surface area (Å²) in [4.78, 5) is 4.37. The highest BCUT2D eigenvalue weighted by molar-refractivity contribution is 6.33. The van der Waals surface area contributed by atoms with Crippen molar-refractivity contribution >= 4 is 28.4 Å². The van der Waals surface area contributed by atoms with Gasteiger partial charge in [-0.15, -0.1) is 0 Å². The molecule has 0 aliphatic carbocycles. The second-order valence-electron chi connectivity index (χ2n) is 3.69. The number of fused-ring (bicyclic) bond motifs is 1. The standard InChI is InChI=1S/C13H9ClN2O/c14-8-4-3-5-9(15)12(8)13-16-10-6-1-2-7-11(10)17-13/h1-7H,15H2. The first kappa shape index (κ1) is 10.2. The third-order valence-electron chi connectivity index (χ3n) is 2.55. The Morgan fingerprint density at radius 1 is 1.06 bits per heavy atom. The number of aromatic nitrogens is 1. The van der Waals surface area contributed by atoms with E-state index in [9.17, 15) is 0 Å². The Bertz CT molecular complexity index is 637. The molecule has 0 bridgehead atoms. The van der Waals surface area contributed by atoms with Crippen molar-refractivity contribution in [2.75, 3.05) is 5.73 Å². The fourth-order valence-electron chi connectivity index (χ4n) is 1.75. The Morgan fingerprint density at radius 3 is 2.65 bits per heavy atom. The van der Waals surface area contributed by atoms with E-state index in [2.05, 4.69) is 4.98 Å². The lowest BCUT2D eigenvalue weighted by Crippen LogP contribution is -1.90. The van der Waals surface area contributed by atoms with Gasteiger partial charge in [-0.2, -0.15) is 0 Å². The van der Waals surface area contributed by atoms with E-state index in [-0.39, 0.29) is 0 Å². The number of benzene rings is 2. The minimum Gasteiger partial charge on any atom is -0.436 e. The van der Waals surface area contributed by atoms with Crippen LogP contribution in [0.4, 0.5) is 5.69 Å². The highest BCUT2D eigenvalue weighted by atomic mass is 35.5. The van der Waals surface area contributed by atoms with Crippen LogP contribution in [0, 0.1) is 0 Å². The molecule has 1 aromatic heterocycles. The number of nitrogens with two attached hydrogens (primary N) is 1. The summed E-state index contributed by atoms with van der Waals surface area (Å²) in [5.41, 5.74) is 8.61. The molecule has 0 radical (unpaired) electrons. The number of anilines is 1. The third kappa shape index (κ3) is 1.65. The Hall–Kier alpha value is -2.00. The summed E-state index contributed by atoms with van der Waals surface area (Å²) in [7, 11) is 0. The summed E-state index contributed by atoms with van der Waals surface area (Å²) in [5.74, 6) is 0.453. The molecule has 3 rings (SSSR count). The number of nitrogen functional groups attached to an aromatic ring is 1. The van der Waals surface area contributed by atoms with Crippen LogP contribution in [0.2, 0.25) is 5.02 Å². The second kappa shape index (κ2) is 3.79. The lowest BCUT2D eigenvalue weighted by atomic mass is 10.2. The van der Waals surface area contributed by atoms with Gasteiger partial charge in [-0.05, 0) is 24.3 Å². The quantitative estimate of drug-likeness (QED) is 0.664. The van der Waals surface area contributed by atoms with E-state index in [1.54, 1.807) is 18.2 Å². The lowest BCUT2D eigenvalue weighted by Gasteiger charge is -2.02. The minimum atomic E-state index is 0.453. The first-order valence-corrected chi connectivity index (χ1v) is 5.53. The van der Waals surface area contributed by atoms with Gasteiger partial charge in [0.2, 0.25) is 5.89 Å². The van der Waals surface area contributed by atoms with Crippen LogP contribution >= 0.6 is 11.6 Å². The van der Waals surface area contributed by atoms with Gasteiger partial charge in [-0.25, -0.2) is 4.98 Å². The number of para-hydroxylation sites is 2. The Balaban J connectivity index is 2.27. The maximum atomic E-state index is 6.11. The van der Waals surface area contributed by atoms with E-state index in [0.717, 1.165) is 11.1 Å². The van der Waals surface area contributed by atoms with Crippen LogP contribution in [0.5, 0.6) is 0 Å². The number of oxazole rings is 1. The Morgan fingerprint density at radius 2 is 1.88 bits per heavy atom. The maximum Gasteiger partial charge on any atom is 0.230 e. The fraction of sp³-hybridized carbons (Fsp3) is 0. The summed E-state index contributed by atoms with van der Waals surface area (Å²) in [6.45, 7) is 0. The molecular formula is C13H9ClN2O. The predicted octanol–water partition coefficient (Wildman–Crippen LogP) is 3.73.